The van der Waals surface area contributed by atoms with Crippen LogP contribution in [0.2, 0.25) is 0 Å². The molecule has 1 aliphatic carbocycles. The van der Waals surface area contributed by atoms with Crippen LogP contribution in [0.1, 0.15) is 24.0 Å². The Kier molecular flexibility index (Phi) is 3.59. The summed E-state index contributed by atoms with van der Waals surface area (Å²) in [5.41, 5.74) is 5.52. The van der Waals surface area contributed by atoms with E-state index in [2.05, 4.69) is 23.6 Å². The minimum Gasteiger partial charge on any atom is -0.492 e. The van der Waals surface area contributed by atoms with E-state index in [9.17, 15) is 0 Å². The third-order valence-corrected chi connectivity index (χ3v) is 2.84. The van der Waals surface area contributed by atoms with Gasteiger partial charge in [0.25, 0.3) is 0 Å². The zero-order valence-corrected chi connectivity index (χ0v) is 8.96. The quantitative estimate of drug-likeness (QED) is 0.445. The molecule has 3 heteroatoms. The zero-order chi connectivity index (χ0) is 10.5. The number of hydrogen-bond acceptors (Lipinski definition) is 3. The molecule has 0 radical (unpaired) electrons. The van der Waals surface area contributed by atoms with Gasteiger partial charge < -0.3 is 4.74 Å². The van der Waals surface area contributed by atoms with Gasteiger partial charge in [0, 0.05) is 6.54 Å². The average Bonchev–Trinajstić information content (AvgIpc) is 2.29. The lowest BCUT2D eigenvalue weighted by atomic mass is 9.92. The standard InChI is InChI=1S/C12H18N2O/c13-14-7-8-15-12-6-5-10-3-1-2-4-11(10)9-12/h5-6,9,14H,1-4,7-8,13H2. The fraction of sp³-hybridized carbons (Fsp3) is 0.500. The second-order valence-corrected chi connectivity index (χ2v) is 3.94. The summed E-state index contributed by atoms with van der Waals surface area (Å²) >= 11 is 0. The Hall–Kier alpha value is -1.06. The molecule has 3 nitrogen and oxygen atoms in total. The maximum absolute atomic E-state index is 5.57. The number of hydrazine groups is 1. The van der Waals surface area contributed by atoms with Crippen molar-refractivity contribution < 1.29 is 4.74 Å². The molecule has 0 aliphatic heterocycles. The van der Waals surface area contributed by atoms with Crippen LogP contribution in [0.15, 0.2) is 18.2 Å². The molecule has 1 aromatic carbocycles. The maximum Gasteiger partial charge on any atom is 0.119 e. The van der Waals surface area contributed by atoms with Gasteiger partial charge >= 0.3 is 0 Å². The molecule has 0 saturated heterocycles. The number of ether oxygens (including phenoxy) is 1. The fourth-order valence-electron chi connectivity index (χ4n) is 2.03. The molecule has 0 heterocycles. The molecular formula is C12H18N2O. The Labute approximate surface area is 90.6 Å². The maximum atomic E-state index is 5.57. The highest BCUT2D eigenvalue weighted by atomic mass is 16.5. The largest absolute Gasteiger partial charge is 0.492 e. The van der Waals surface area contributed by atoms with Crippen molar-refractivity contribution in [3.8, 4) is 5.75 Å². The molecule has 0 saturated carbocycles. The molecule has 0 amide bonds. The molecule has 0 atom stereocenters. The van der Waals surface area contributed by atoms with Crippen LogP contribution in [0, 0.1) is 0 Å². The topological polar surface area (TPSA) is 47.3 Å². The van der Waals surface area contributed by atoms with Crippen LogP contribution in [0.4, 0.5) is 0 Å². The number of hydrogen-bond donors (Lipinski definition) is 2. The van der Waals surface area contributed by atoms with E-state index in [4.69, 9.17) is 10.6 Å². The van der Waals surface area contributed by atoms with Crippen LogP contribution in [0.3, 0.4) is 0 Å². The van der Waals surface area contributed by atoms with E-state index >= 15 is 0 Å². The molecule has 82 valence electrons. The number of aryl methyl sites for hydroxylation is 2. The Morgan fingerprint density at radius 2 is 2.00 bits per heavy atom. The predicted molar refractivity (Wildman–Crippen MR) is 60.8 cm³/mol. The highest BCUT2D eigenvalue weighted by Crippen LogP contribution is 2.25. The Balaban J connectivity index is 2.00. The van der Waals surface area contributed by atoms with Crippen molar-refractivity contribution in [2.24, 2.45) is 5.84 Å². The lowest BCUT2D eigenvalue weighted by Crippen LogP contribution is -2.27. The van der Waals surface area contributed by atoms with E-state index in [-0.39, 0.29) is 0 Å². The zero-order valence-electron chi connectivity index (χ0n) is 8.96. The van der Waals surface area contributed by atoms with Crippen molar-refractivity contribution in [1.82, 2.24) is 5.43 Å². The van der Waals surface area contributed by atoms with Crippen molar-refractivity contribution >= 4 is 0 Å². The SMILES string of the molecule is NNCCOc1ccc2c(c1)CCCC2. The Bertz CT molecular complexity index is 325. The first-order chi connectivity index (χ1) is 7.40. The molecule has 0 spiro atoms. The van der Waals surface area contributed by atoms with Gasteiger partial charge in [0.2, 0.25) is 0 Å². The molecule has 15 heavy (non-hydrogen) atoms. The lowest BCUT2D eigenvalue weighted by Gasteiger charge is -2.16. The van der Waals surface area contributed by atoms with Crippen molar-refractivity contribution in [3.63, 3.8) is 0 Å². The average molecular weight is 206 g/mol. The number of fused-ring (bicyclic) bond motifs is 1. The number of nitrogens with one attached hydrogen (secondary N) is 1. The lowest BCUT2D eigenvalue weighted by molar-refractivity contribution is 0.314. The van der Waals surface area contributed by atoms with Crippen molar-refractivity contribution in [2.45, 2.75) is 25.7 Å². The molecule has 0 bridgehead atoms. The Morgan fingerprint density at radius 1 is 1.20 bits per heavy atom. The summed E-state index contributed by atoms with van der Waals surface area (Å²) in [6, 6.07) is 6.42. The molecular weight excluding hydrogens is 188 g/mol. The molecule has 0 fully saturated rings. The molecule has 2 rings (SSSR count). The second kappa shape index (κ2) is 5.14. The monoisotopic (exact) mass is 206 g/mol. The fourth-order valence-corrected chi connectivity index (χ4v) is 2.03. The van der Waals surface area contributed by atoms with Gasteiger partial charge in [0.15, 0.2) is 0 Å². The van der Waals surface area contributed by atoms with Crippen LogP contribution in [0.5, 0.6) is 5.75 Å². The third-order valence-electron chi connectivity index (χ3n) is 2.84. The van der Waals surface area contributed by atoms with Crippen LogP contribution >= 0.6 is 0 Å². The molecule has 0 unspecified atom stereocenters. The van der Waals surface area contributed by atoms with E-state index in [1.54, 1.807) is 0 Å². The third kappa shape index (κ3) is 2.70. The van der Waals surface area contributed by atoms with Gasteiger partial charge in [-0.2, -0.15) is 0 Å². The molecule has 0 aromatic heterocycles. The van der Waals surface area contributed by atoms with Gasteiger partial charge in [-0.25, -0.2) is 0 Å². The summed E-state index contributed by atoms with van der Waals surface area (Å²) in [5, 5.41) is 0. The second-order valence-electron chi connectivity index (χ2n) is 3.94. The highest BCUT2D eigenvalue weighted by Gasteiger charge is 2.09. The van der Waals surface area contributed by atoms with Crippen molar-refractivity contribution in [2.75, 3.05) is 13.2 Å². The molecule has 3 N–H and O–H groups in total. The van der Waals surface area contributed by atoms with E-state index in [1.165, 1.54) is 36.8 Å². The summed E-state index contributed by atoms with van der Waals surface area (Å²) < 4.78 is 5.57. The minimum absolute atomic E-state index is 0.620. The molecule has 1 aromatic rings. The minimum atomic E-state index is 0.620. The van der Waals surface area contributed by atoms with Gasteiger partial charge in [-0.3, -0.25) is 11.3 Å². The molecule has 1 aliphatic rings. The van der Waals surface area contributed by atoms with Crippen LogP contribution in [0.25, 0.3) is 0 Å². The smallest absolute Gasteiger partial charge is 0.119 e. The van der Waals surface area contributed by atoms with Crippen molar-refractivity contribution in [1.29, 1.82) is 0 Å². The van der Waals surface area contributed by atoms with Gasteiger partial charge in [-0.15, -0.1) is 0 Å². The van der Waals surface area contributed by atoms with Crippen molar-refractivity contribution in [3.05, 3.63) is 29.3 Å². The summed E-state index contributed by atoms with van der Waals surface area (Å²) in [7, 11) is 0. The van der Waals surface area contributed by atoms with E-state index in [0.717, 1.165) is 5.75 Å². The highest BCUT2D eigenvalue weighted by molar-refractivity contribution is 5.37. The van der Waals surface area contributed by atoms with E-state index < -0.39 is 0 Å². The van der Waals surface area contributed by atoms with Gasteiger partial charge in [-0.1, -0.05) is 6.07 Å². The number of benzene rings is 1. The normalized spacial score (nSPS) is 14.7. The summed E-state index contributed by atoms with van der Waals surface area (Å²) in [6.45, 7) is 1.30. The predicted octanol–water partition coefficient (Wildman–Crippen LogP) is 1.41. The van der Waals surface area contributed by atoms with Gasteiger partial charge in [-0.05, 0) is 48.9 Å². The van der Waals surface area contributed by atoms with Gasteiger partial charge in [0.05, 0.1) is 0 Å². The van der Waals surface area contributed by atoms with Crippen LogP contribution in [-0.4, -0.2) is 13.2 Å². The van der Waals surface area contributed by atoms with E-state index in [1.807, 2.05) is 0 Å². The van der Waals surface area contributed by atoms with Crippen LogP contribution < -0.4 is 16.0 Å². The summed E-state index contributed by atoms with van der Waals surface area (Å²) in [4.78, 5) is 0. The first-order valence-corrected chi connectivity index (χ1v) is 5.58. The van der Waals surface area contributed by atoms with Gasteiger partial charge in [0.1, 0.15) is 12.4 Å². The van der Waals surface area contributed by atoms with E-state index in [0.29, 0.717) is 13.2 Å². The summed E-state index contributed by atoms with van der Waals surface area (Å²) in [6.07, 6.45) is 5.05. The van der Waals surface area contributed by atoms with Crippen LogP contribution in [-0.2, 0) is 12.8 Å². The first kappa shape index (κ1) is 10.5. The number of rotatable bonds is 4. The number of nitrogens with two attached hydrogens (primary N) is 1. The Morgan fingerprint density at radius 3 is 2.80 bits per heavy atom. The first-order valence-electron chi connectivity index (χ1n) is 5.58. The summed E-state index contributed by atoms with van der Waals surface area (Å²) in [5.74, 6) is 6.14.